The van der Waals surface area contributed by atoms with Crippen LogP contribution in [0.15, 0.2) is 243 Å². The number of aromatic nitrogens is 2. The van der Waals surface area contributed by atoms with Gasteiger partial charge in [0.2, 0.25) is 0 Å². The molecule has 2 aromatic heterocycles. The summed E-state index contributed by atoms with van der Waals surface area (Å²) in [7, 11) is 0. The molecular formula is C67H46N4. The van der Waals surface area contributed by atoms with Gasteiger partial charge >= 0.3 is 0 Å². The summed E-state index contributed by atoms with van der Waals surface area (Å²) in [5, 5.41) is 2.48. The van der Waals surface area contributed by atoms with E-state index in [1.807, 2.05) is 0 Å². The molecule has 0 spiro atoms. The zero-order valence-electron chi connectivity index (χ0n) is 39.4. The first-order valence-corrected chi connectivity index (χ1v) is 24.7. The summed E-state index contributed by atoms with van der Waals surface area (Å²) >= 11 is 0. The Morgan fingerprint density at radius 1 is 0.282 bits per heavy atom. The molecule has 0 saturated carbocycles. The summed E-state index contributed by atoms with van der Waals surface area (Å²) in [5.74, 6) is 0. The van der Waals surface area contributed by atoms with E-state index in [9.17, 15) is 0 Å². The predicted octanol–water partition coefficient (Wildman–Crippen LogP) is 18.1. The first-order valence-electron chi connectivity index (χ1n) is 24.7. The molecule has 2 aliphatic heterocycles. The maximum atomic E-state index is 2.54. The molecule has 0 amide bonds. The Balaban J connectivity index is 0.927. The third-order valence-corrected chi connectivity index (χ3v) is 15.6. The van der Waals surface area contributed by atoms with E-state index in [0.717, 1.165) is 34.1 Å². The van der Waals surface area contributed by atoms with E-state index in [-0.39, 0.29) is 5.41 Å². The van der Waals surface area contributed by atoms with E-state index in [2.05, 4.69) is 275 Å². The van der Waals surface area contributed by atoms with Crippen molar-refractivity contribution in [2.75, 3.05) is 9.80 Å². The molecule has 334 valence electrons. The van der Waals surface area contributed by atoms with Crippen LogP contribution in [-0.4, -0.2) is 9.13 Å². The molecule has 10 aromatic carbocycles. The van der Waals surface area contributed by atoms with E-state index in [0.29, 0.717) is 0 Å². The molecule has 4 nitrogen and oxygen atoms in total. The number of anilines is 6. The number of nitrogens with zero attached hydrogens (tertiary/aromatic N) is 4. The molecule has 12 aromatic rings. The van der Waals surface area contributed by atoms with Crippen LogP contribution in [0.1, 0.15) is 25.0 Å². The lowest BCUT2D eigenvalue weighted by atomic mass is 9.82. The van der Waals surface area contributed by atoms with Gasteiger partial charge in [0.25, 0.3) is 0 Å². The minimum absolute atomic E-state index is 0.306. The van der Waals surface area contributed by atoms with Gasteiger partial charge in [0.1, 0.15) is 0 Å². The molecule has 3 aliphatic rings. The second-order valence-electron chi connectivity index (χ2n) is 19.6. The van der Waals surface area contributed by atoms with Crippen molar-refractivity contribution in [3.8, 4) is 67.3 Å². The maximum absolute atomic E-state index is 2.54. The number of benzene rings is 10. The summed E-state index contributed by atoms with van der Waals surface area (Å²) in [4.78, 5) is 4.88. The van der Waals surface area contributed by atoms with Crippen molar-refractivity contribution in [3.63, 3.8) is 0 Å². The second-order valence-corrected chi connectivity index (χ2v) is 19.6. The Hall–Kier alpha value is -9.12. The van der Waals surface area contributed by atoms with Gasteiger partial charge in [0.05, 0.1) is 45.2 Å². The Kier molecular flexibility index (Phi) is 8.38. The summed E-state index contributed by atoms with van der Waals surface area (Å²) in [5.41, 5.74) is 26.3. The van der Waals surface area contributed by atoms with Crippen molar-refractivity contribution in [2.45, 2.75) is 19.3 Å². The highest BCUT2D eigenvalue weighted by Crippen LogP contribution is 2.58. The highest BCUT2D eigenvalue weighted by Gasteiger charge is 2.38. The number of rotatable bonds is 4. The minimum Gasteiger partial charge on any atom is -0.309 e. The predicted molar refractivity (Wildman–Crippen MR) is 296 cm³/mol. The number of hydrogen-bond acceptors (Lipinski definition) is 2. The van der Waals surface area contributed by atoms with Crippen LogP contribution in [-0.2, 0) is 5.41 Å². The molecule has 4 heterocycles. The quantitative estimate of drug-likeness (QED) is 0.175. The molecule has 0 N–H and O–H groups in total. The fourth-order valence-electron chi connectivity index (χ4n) is 12.5. The average molecular weight is 907 g/mol. The van der Waals surface area contributed by atoms with E-state index < -0.39 is 0 Å². The van der Waals surface area contributed by atoms with E-state index >= 15 is 0 Å². The Morgan fingerprint density at radius 3 is 1.04 bits per heavy atom. The average Bonchev–Trinajstić information content (AvgIpc) is 3.96. The maximum Gasteiger partial charge on any atom is 0.0641 e. The first kappa shape index (κ1) is 39.8. The molecule has 0 atom stereocenters. The van der Waals surface area contributed by atoms with E-state index in [1.54, 1.807) is 0 Å². The van der Waals surface area contributed by atoms with Gasteiger partial charge in [0, 0.05) is 72.3 Å². The topological polar surface area (TPSA) is 16.3 Å². The summed E-state index contributed by atoms with van der Waals surface area (Å²) in [6.45, 7) is 4.83. The van der Waals surface area contributed by atoms with Crippen LogP contribution in [0.5, 0.6) is 0 Å². The lowest BCUT2D eigenvalue weighted by molar-refractivity contribution is 0.659. The lowest BCUT2D eigenvalue weighted by Gasteiger charge is -2.27. The smallest absolute Gasteiger partial charge is 0.0641 e. The fourth-order valence-corrected chi connectivity index (χ4v) is 12.5. The lowest BCUT2D eigenvalue weighted by Crippen LogP contribution is -2.16. The summed E-state index contributed by atoms with van der Waals surface area (Å²) < 4.78 is 5.07. The third-order valence-electron chi connectivity index (χ3n) is 15.6. The monoisotopic (exact) mass is 906 g/mol. The minimum atomic E-state index is -0.306. The van der Waals surface area contributed by atoms with Gasteiger partial charge in [-0.1, -0.05) is 172 Å². The second kappa shape index (κ2) is 14.9. The van der Waals surface area contributed by atoms with Crippen molar-refractivity contribution >= 4 is 55.9 Å². The first-order chi connectivity index (χ1) is 35.0. The molecule has 71 heavy (non-hydrogen) atoms. The Labute approximate surface area is 413 Å². The molecular weight excluding hydrogens is 861 g/mol. The van der Waals surface area contributed by atoms with Crippen LogP contribution in [0, 0.1) is 0 Å². The van der Waals surface area contributed by atoms with Crippen LogP contribution in [0.2, 0.25) is 0 Å². The van der Waals surface area contributed by atoms with Crippen LogP contribution in [0.25, 0.3) is 89.1 Å². The highest BCUT2D eigenvalue weighted by atomic mass is 15.2. The number of para-hydroxylation sites is 8. The molecule has 0 unspecified atom stereocenters. The molecule has 4 heteroatoms. The Morgan fingerprint density at radius 2 is 0.620 bits per heavy atom. The third kappa shape index (κ3) is 5.56. The molecule has 0 bridgehead atoms. The van der Waals surface area contributed by atoms with Crippen molar-refractivity contribution in [1.29, 1.82) is 0 Å². The van der Waals surface area contributed by atoms with Crippen molar-refractivity contribution in [3.05, 3.63) is 254 Å². The van der Waals surface area contributed by atoms with Crippen LogP contribution in [0.3, 0.4) is 0 Å². The van der Waals surface area contributed by atoms with E-state index in [1.165, 1.54) is 100 Å². The molecule has 1 aliphatic carbocycles. The standard InChI is InChI=1S/C67H46N4/c1-67(2)55-41-45(70-59-33-17-11-27-51(59)63-49-25-9-15-31-57(49)68(43-21-5-3-6-22-43)61-35-19-13-29-53(61)65(63)70)37-39-47(55)48-40-38-46(42-56(48)67)71-60-34-18-12-28-52(60)64-50-26-10-16-32-58(50)69(44-23-7-4-8-24-44)62-36-20-14-30-54(62)66(64)71/h3-42H,1-2H3. The largest absolute Gasteiger partial charge is 0.309 e. The zero-order valence-corrected chi connectivity index (χ0v) is 39.4. The van der Waals surface area contributed by atoms with Gasteiger partial charge in [0.15, 0.2) is 0 Å². The molecule has 0 saturated heterocycles. The SMILES string of the molecule is CC1(C)c2cc(-n3c4c(c5ccccc53)-c3ccccc3N(c3ccccc3)c3ccccc3-4)ccc2-c2ccc(-n3c4c(c5ccccc53)-c3ccccc3N(c3ccccc3)c3ccccc3-4)cc21. The van der Waals surface area contributed by atoms with Gasteiger partial charge < -0.3 is 18.9 Å². The van der Waals surface area contributed by atoms with Gasteiger partial charge in [-0.25, -0.2) is 0 Å². The number of hydrogen-bond donors (Lipinski definition) is 0. The van der Waals surface area contributed by atoms with Crippen LogP contribution in [0.4, 0.5) is 34.1 Å². The highest BCUT2D eigenvalue weighted by molar-refractivity contribution is 6.14. The number of fused-ring (bicyclic) bond motifs is 17. The van der Waals surface area contributed by atoms with Gasteiger partial charge in [-0.05, 0) is 107 Å². The Bertz CT molecular complexity index is 3890. The normalized spacial score (nSPS) is 13.5. The zero-order chi connectivity index (χ0) is 47.0. The van der Waals surface area contributed by atoms with Gasteiger partial charge in [-0.3, -0.25) is 0 Å². The summed E-state index contributed by atoms with van der Waals surface area (Å²) in [6, 6.07) is 89.7. The van der Waals surface area contributed by atoms with Crippen molar-refractivity contribution < 1.29 is 0 Å². The molecule has 0 fully saturated rings. The van der Waals surface area contributed by atoms with Gasteiger partial charge in [-0.2, -0.15) is 0 Å². The van der Waals surface area contributed by atoms with Crippen LogP contribution < -0.4 is 9.80 Å². The summed E-state index contributed by atoms with van der Waals surface area (Å²) in [6.07, 6.45) is 0. The van der Waals surface area contributed by atoms with Gasteiger partial charge in [-0.15, -0.1) is 0 Å². The van der Waals surface area contributed by atoms with Crippen molar-refractivity contribution in [2.24, 2.45) is 0 Å². The molecule has 0 radical (unpaired) electrons. The van der Waals surface area contributed by atoms with E-state index in [4.69, 9.17) is 0 Å². The van der Waals surface area contributed by atoms with Crippen LogP contribution >= 0.6 is 0 Å². The fraction of sp³-hybridized carbons (Fsp3) is 0.0448. The van der Waals surface area contributed by atoms with Crippen molar-refractivity contribution in [1.82, 2.24) is 9.13 Å². The molecule has 15 rings (SSSR count).